The number of carbonyl (C=O) groups excluding carboxylic acids is 1. The van der Waals surface area contributed by atoms with E-state index >= 15 is 0 Å². The maximum atomic E-state index is 12.5. The van der Waals surface area contributed by atoms with Gasteiger partial charge in [-0.15, -0.1) is 5.92 Å². The van der Waals surface area contributed by atoms with Crippen molar-refractivity contribution < 1.29 is 9.53 Å². The van der Waals surface area contributed by atoms with Crippen LogP contribution < -0.4 is 4.74 Å². The molecule has 0 radical (unpaired) electrons. The molecule has 1 aliphatic carbocycles. The Bertz CT molecular complexity index is 938. The van der Waals surface area contributed by atoms with Crippen LogP contribution in [0.15, 0.2) is 48.5 Å². The van der Waals surface area contributed by atoms with E-state index in [9.17, 15) is 4.79 Å². The zero-order valence-corrected chi connectivity index (χ0v) is 18.0. The Hall–Kier alpha value is -2.97. The molecule has 0 spiro atoms. The van der Waals surface area contributed by atoms with E-state index in [0.717, 1.165) is 48.3 Å². The number of hydrogen-bond donors (Lipinski definition) is 0. The SMILES string of the molecule is CC#Cc1ccc(C#Cc2ccc(OC(=O)[C@H]3CC[C@H](CCCC)CC3)cc2)cc1. The summed E-state index contributed by atoms with van der Waals surface area (Å²) in [6, 6.07) is 15.3. The van der Waals surface area contributed by atoms with Gasteiger partial charge in [-0.05, 0) is 87.1 Å². The molecule has 0 amide bonds. The minimum atomic E-state index is -0.0851. The standard InChI is InChI=1S/C28H30O2/c1-3-5-7-23-14-18-26(19-15-23)28(29)30-27-20-16-25(17-21-27)13-12-24-10-8-22(6-4-2)9-11-24/h8-11,16-17,20-21,23,26H,3,5,7,14-15,18-19H2,1-2H3/t23-,26-. The molecule has 1 aliphatic rings. The molecule has 2 heteroatoms. The van der Waals surface area contributed by atoms with Crippen molar-refractivity contribution in [3.63, 3.8) is 0 Å². The van der Waals surface area contributed by atoms with Gasteiger partial charge in [0.2, 0.25) is 0 Å². The molecule has 0 saturated heterocycles. The zero-order valence-electron chi connectivity index (χ0n) is 18.0. The van der Waals surface area contributed by atoms with Crippen molar-refractivity contribution in [1.82, 2.24) is 0 Å². The van der Waals surface area contributed by atoms with Gasteiger partial charge in [0.15, 0.2) is 0 Å². The second kappa shape index (κ2) is 11.3. The van der Waals surface area contributed by atoms with E-state index in [1.54, 1.807) is 0 Å². The molecule has 3 rings (SSSR count). The van der Waals surface area contributed by atoms with Crippen molar-refractivity contribution in [3.05, 3.63) is 65.2 Å². The first kappa shape index (κ1) is 21.7. The first-order valence-electron chi connectivity index (χ1n) is 11.0. The van der Waals surface area contributed by atoms with E-state index in [-0.39, 0.29) is 11.9 Å². The van der Waals surface area contributed by atoms with Crippen LogP contribution in [0.5, 0.6) is 5.75 Å². The van der Waals surface area contributed by atoms with E-state index < -0.39 is 0 Å². The molecule has 1 saturated carbocycles. The average molecular weight is 399 g/mol. The van der Waals surface area contributed by atoms with Gasteiger partial charge in [0.1, 0.15) is 5.75 Å². The van der Waals surface area contributed by atoms with Crippen LogP contribution in [-0.2, 0) is 4.79 Å². The third-order valence-corrected chi connectivity index (χ3v) is 5.72. The fraction of sp³-hybridized carbons (Fsp3) is 0.393. The maximum Gasteiger partial charge on any atom is 0.314 e. The van der Waals surface area contributed by atoms with E-state index in [2.05, 4.69) is 30.6 Å². The Labute approximate surface area is 181 Å². The molecular weight excluding hydrogens is 368 g/mol. The molecular formula is C28H30O2. The average Bonchev–Trinajstić information content (AvgIpc) is 2.79. The molecule has 0 aliphatic heterocycles. The molecule has 2 aromatic carbocycles. The van der Waals surface area contributed by atoms with Crippen LogP contribution in [0.3, 0.4) is 0 Å². The van der Waals surface area contributed by atoms with E-state index in [0.29, 0.717) is 5.75 Å². The lowest BCUT2D eigenvalue weighted by atomic mass is 9.80. The number of esters is 1. The molecule has 0 N–H and O–H groups in total. The summed E-state index contributed by atoms with van der Waals surface area (Å²) in [5.41, 5.74) is 2.83. The molecule has 30 heavy (non-hydrogen) atoms. The first-order chi connectivity index (χ1) is 14.7. The smallest absolute Gasteiger partial charge is 0.314 e. The highest BCUT2D eigenvalue weighted by atomic mass is 16.5. The van der Waals surface area contributed by atoms with Gasteiger partial charge in [-0.3, -0.25) is 4.79 Å². The van der Waals surface area contributed by atoms with E-state index in [1.165, 1.54) is 19.3 Å². The van der Waals surface area contributed by atoms with Gasteiger partial charge in [-0.1, -0.05) is 43.9 Å². The van der Waals surface area contributed by atoms with Crippen molar-refractivity contribution in [3.8, 4) is 29.4 Å². The Balaban J connectivity index is 1.51. The molecule has 0 atom stereocenters. The summed E-state index contributed by atoms with van der Waals surface area (Å²) in [5.74, 6) is 13.6. The lowest BCUT2D eigenvalue weighted by Crippen LogP contribution is -2.25. The van der Waals surface area contributed by atoms with Crippen LogP contribution in [0.25, 0.3) is 0 Å². The molecule has 2 nitrogen and oxygen atoms in total. The maximum absolute atomic E-state index is 12.5. The van der Waals surface area contributed by atoms with Crippen molar-refractivity contribution >= 4 is 5.97 Å². The highest BCUT2D eigenvalue weighted by molar-refractivity contribution is 5.75. The number of unbranched alkanes of at least 4 members (excludes halogenated alkanes) is 1. The fourth-order valence-electron chi connectivity index (χ4n) is 3.91. The van der Waals surface area contributed by atoms with Gasteiger partial charge >= 0.3 is 5.97 Å². The van der Waals surface area contributed by atoms with Crippen LogP contribution in [0.2, 0.25) is 0 Å². The second-order valence-electron chi connectivity index (χ2n) is 8.01. The third kappa shape index (κ3) is 6.53. The van der Waals surface area contributed by atoms with Gasteiger partial charge < -0.3 is 4.74 Å². The lowest BCUT2D eigenvalue weighted by molar-refractivity contribution is -0.140. The molecule has 0 unspecified atom stereocenters. The van der Waals surface area contributed by atoms with Gasteiger partial charge in [0.25, 0.3) is 0 Å². The molecule has 1 fully saturated rings. The van der Waals surface area contributed by atoms with Gasteiger partial charge in [-0.2, -0.15) is 0 Å². The van der Waals surface area contributed by atoms with Crippen LogP contribution in [0, 0.1) is 35.5 Å². The molecule has 0 bridgehead atoms. The van der Waals surface area contributed by atoms with Gasteiger partial charge in [0.05, 0.1) is 5.92 Å². The van der Waals surface area contributed by atoms with Crippen molar-refractivity contribution in [2.24, 2.45) is 11.8 Å². The normalized spacial score (nSPS) is 17.8. The second-order valence-corrected chi connectivity index (χ2v) is 8.01. The quantitative estimate of drug-likeness (QED) is 0.333. The van der Waals surface area contributed by atoms with Crippen molar-refractivity contribution in [1.29, 1.82) is 0 Å². The summed E-state index contributed by atoms with van der Waals surface area (Å²) in [4.78, 5) is 12.5. The van der Waals surface area contributed by atoms with Gasteiger partial charge in [-0.25, -0.2) is 0 Å². The lowest BCUT2D eigenvalue weighted by Gasteiger charge is -2.27. The molecule has 2 aromatic rings. The topological polar surface area (TPSA) is 26.3 Å². The Morgan fingerprint density at radius 3 is 1.93 bits per heavy atom. The van der Waals surface area contributed by atoms with E-state index in [1.807, 2.05) is 55.5 Å². The summed E-state index contributed by atoms with van der Waals surface area (Å²) in [5, 5.41) is 0. The van der Waals surface area contributed by atoms with Crippen LogP contribution in [-0.4, -0.2) is 5.97 Å². The Morgan fingerprint density at radius 2 is 1.40 bits per heavy atom. The molecule has 154 valence electrons. The summed E-state index contributed by atoms with van der Waals surface area (Å²) < 4.78 is 5.62. The number of rotatable bonds is 5. The summed E-state index contributed by atoms with van der Waals surface area (Å²) in [6.45, 7) is 4.06. The first-order valence-corrected chi connectivity index (χ1v) is 11.0. The van der Waals surface area contributed by atoms with Crippen LogP contribution in [0.4, 0.5) is 0 Å². The van der Waals surface area contributed by atoms with Crippen molar-refractivity contribution in [2.75, 3.05) is 0 Å². The monoisotopic (exact) mass is 398 g/mol. The van der Waals surface area contributed by atoms with Gasteiger partial charge in [0, 0.05) is 16.7 Å². The van der Waals surface area contributed by atoms with Crippen LogP contribution in [0.1, 0.15) is 75.5 Å². The third-order valence-electron chi connectivity index (χ3n) is 5.72. The fourth-order valence-corrected chi connectivity index (χ4v) is 3.91. The highest BCUT2D eigenvalue weighted by Crippen LogP contribution is 2.32. The largest absolute Gasteiger partial charge is 0.426 e. The number of ether oxygens (including phenoxy) is 1. The predicted molar refractivity (Wildman–Crippen MR) is 122 cm³/mol. The zero-order chi connectivity index (χ0) is 21.2. The molecule has 0 aromatic heterocycles. The summed E-state index contributed by atoms with van der Waals surface area (Å²) in [7, 11) is 0. The van der Waals surface area contributed by atoms with E-state index in [4.69, 9.17) is 4.74 Å². The number of hydrogen-bond acceptors (Lipinski definition) is 2. The number of carbonyl (C=O) groups is 1. The van der Waals surface area contributed by atoms with Crippen molar-refractivity contribution in [2.45, 2.75) is 58.8 Å². The minimum absolute atomic E-state index is 0.0442. The Kier molecular flexibility index (Phi) is 8.17. The Morgan fingerprint density at radius 1 is 0.867 bits per heavy atom. The predicted octanol–water partition coefficient (Wildman–Crippen LogP) is 6.36. The molecule has 0 heterocycles. The summed E-state index contributed by atoms with van der Waals surface area (Å²) in [6.07, 6.45) is 8.08. The highest BCUT2D eigenvalue weighted by Gasteiger charge is 2.27. The van der Waals surface area contributed by atoms with Crippen LogP contribution >= 0.6 is 0 Å². The summed E-state index contributed by atoms with van der Waals surface area (Å²) >= 11 is 0. The minimum Gasteiger partial charge on any atom is -0.426 e. The number of benzene rings is 2.